The van der Waals surface area contributed by atoms with E-state index in [0.29, 0.717) is 32.3 Å². The van der Waals surface area contributed by atoms with E-state index < -0.39 is 17.8 Å². The number of nitrogens with zero attached hydrogens (tertiary/aromatic N) is 1. The average molecular weight is 575 g/mol. The molecule has 0 radical (unpaired) electrons. The van der Waals surface area contributed by atoms with Crippen LogP contribution in [0.1, 0.15) is 31.7 Å². The highest BCUT2D eigenvalue weighted by Gasteiger charge is 2.30. The highest BCUT2D eigenvalue weighted by molar-refractivity contribution is 14.0. The molecule has 2 rings (SSSR count). The van der Waals surface area contributed by atoms with Crippen molar-refractivity contribution >= 4 is 29.9 Å². The van der Waals surface area contributed by atoms with Gasteiger partial charge in [-0.1, -0.05) is 0 Å². The highest BCUT2D eigenvalue weighted by Crippen LogP contribution is 2.30. The van der Waals surface area contributed by atoms with Crippen LogP contribution in [0.3, 0.4) is 0 Å². The van der Waals surface area contributed by atoms with Crippen molar-refractivity contribution in [2.24, 2.45) is 4.99 Å². The van der Waals surface area contributed by atoms with Crippen molar-refractivity contribution in [3.05, 3.63) is 29.8 Å². The molecule has 11 heteroatoms. The first kappa shape index (κ1) is 28.7. The molecule has 7 nitrogen and oxygen atoms in total. The van der Waals surface area contributed by atoms with E-state index in [9.17, 15) is 18.3 Å². The number of halogens is 4. The van der Waals surface area contributed by atoms with Gasteiger partial charge in [-0.3, -0.25) is 4.99 Å². The van der Waals surface area contributed by atoms with E-state index in [4.69, 9.17) is 14.2 Å². The van der Waals surface area contributed by atoms with E-state index in [1.54, 1.807) is 0 Å². The Bertz CT molecular complexity index is 657. The summed E-state index contributed by atoms with van der Waals surface area (Å²) in [5.41, 5.74) is -0.747. The van der Waals surface area contributed by atoms with E-state index in [0.717, 1.165) is 38.0 Å². The molecule has 1 heterocycles. The topological polar surface area (TPSA) is 84.3 Å². The summed E-state index contributed by atoms with van der Waals surface area (Å²) in [5.74, 6) is 0.819. The van der Waals surface area contributed by atoms with Crippen LogP contribution in [-0.2, 0) is 15.7 Å². The molecular formula is C21H33F3IN3O4. The van der Waals surface area contributed by atoms with Gasteiger partial charge >= 0.3 is 6.18 Å². The van der Waals surface area contributed by atoms with Gasteiger partial charge in [0.05, 0.1) is 24.8 Å². The molecule has 1 aliphatic rings. The van der Waals surface area contributed by atoms with E-state index in [-0.39, 0.29) is 49.0 Å². The average Bonchev–Trinajstić information content (AvgIpc) is 3.26. The molecule has 0 saturated carbocycles. The molecule has 1 saturated heterocycles. The molecule has 1 aromatic carbocycles. The number of aliphatic hydroxyl groups excluding tert-OH is 1. The lowest BCUT2D eigenvalue weighted by molar-refractivity contribution is -0.137. The number of ether oxygens (including phenoxy) is 3. The second-order valence-corrected chi connectivity index (χ2v) is 7.20. The van der Waals surface area contributed by atoms with Gasteiger partial charge < -0.3 is 30.0 Å². The molecule has 2 atom stereocenters. The van der Waals surface area contributed by atoms with Crippen molar-refractivity contribution < 1.29 is 32.5 Å². The third-order valence-electron chi connectivity index (χ3n) is 4.51. The Labute approximate surface area is 204 Å². The Kier molecular flexibility index (Phi) is 13.9. The summed E-state index contributed by atoms with van der Waals surface area (Å²) >= 11 is 0. The van der Waals surface area contributed by atoms with Gasteiger partial charge in [0.25, 0.3) is 0 Å². The van der Waals surface area contributed by atoms with Gasteiger partial charge in [0.15, 0.2) is 5.96 Å². The van der Waals surface area contributed by atoms with Crippen LogP contribution in [0.4, 0.5) is 13.2 Å². The first-order valence-electron chi connectivity index (χ1n) is 10.6. The zero-order valence-corrected chi connectivity index (χ0v) is 20.5. The lowest BCUT2D eigenvalue weighted by atomic mass is 10.2. The van der Waals surface area contributed by atoms with Gasteiger partial charge in [0.1, 0.15) is 18.5 Å². The Morgan fingerprint density at radius 3 is 2.66 bits per heavy atom. The molecule has 1 aliphatic heterocycles. The van der Waals surface area contributed by atoms with Gasteiger partial charge in [-0.15, -0.1) is 24.0 Å². The number of aliphatic imine (C=N–C) groups is 1. The van der Waals surface area contributed by atoms with Crippen molar-refractivity contribution in [3.63, 3.8) is 0 Å². The van der Waals surface area contributed by atoms with Crippen LogP contribution in [-0.4, -0.2) is 69.3 Å². The normalized spacial score (nSPS) is 17.5. The molecule has 0 spiro atoms. The van der Waals surface area contributed by atoms with Crippen LogP contribution >= 0.6 is 24.0 Å². The number of nitrogens with one attached hydrogen (secondary N) is 2. The summed E-state index contributed by atoms with van der Waals surface area (Å²) in [6.07, 6.45) is -2.11. The maximum atomic E-state index is 12.6. The van der Waals surface area contributed by atoms with Crippen LogP contribution in [0, 0.1) is 0 Å². The predicted molar refractivity (Wildman–Crippen MR) is 127 cm³/mol. The Hall–Kier alpha value is -1.31. The van der Waals surface area contributed by atoms with Gasteiger partial charge in [-0.05, 0) is 50.5 Å². The molecule has 0 aliphatic carbocycles. The molecule has 0 bridgehead atoms. The van der Waals surface area contributed by atoms with Crippen molar-refractivity contribution in [1.82, 2.24) is 10.6 Å². The Balaban J connectivity index is 0.00000512. The van der Waals surface area contributed by atoms with Crippen molar-refractivity contribution in [3.8, 4) is 5.75 Å². The zero-order chi connectivity index (χ0) is 22.5. The second kappa shape index (κ2) is 15.5. The molecule has 3 N–H and O–H groups in total. The van der Waals surface area contributed by atoms with Crippen LogP contribution < -0.4 is 15.4 Å². The maximum absolute atomic E-state index is 12.6. The molecule has 184 valence electrons. The quantitative estimate of drug-likeness (QED) is 0.154. The van der Waals surface area contributed by atoms with E-state index in [1.165, 1.54) is 12.1 Å². The SMILES string of the molecule is CCNC(=NCC(O)COc1ccc(C(F)(F)F)cc1)NCCCOCC1CCCO1.I. The van der Waals surface area contributed by atoms with Crippen LogP contribution in [0.5, 0.6) is 5.75 Å². The number of rotatable bonds is 12. The fourth-order valence-electron chi connectivity index (χ4n) is 2.90. The lowest BCUT2D eigenvalue weighted by Gasteiger charge is -2.14. The maximum Gasteiger partial charge on any atom is 0.416 e. The predicted octanol–water partition coefficient (Wildman–Crippen LogP) is 3.20. The zero-order valence-electron chi connectivity index (χ0n) is 18.2. The summed E-state index contributed by atoms with van der Waals surface area (Å²) in [4.78, 5) is 4.31. The molecular weight excluding hydrogens is 542 g/mol. The fraction of sp³-hybridized carbons (Fsp3) is 0.667. The largest absolute Gasteiger partial charge is 0.491 e. The summed E-state index contributed by atoms with van der Waals surface area (Å²) in [6, 6.07) is 4.34. The van der Waals surface area contributed by atoms with E-state index in [1.807, 2.05) is 6.92 Å². The van der Waals surface area contributed by atoms with Crippen molar-refractivity contribution in [2.75, 3.05) is 46.1 Å². The summed E-state index contributed by atoms with van der Waals surface area (Å²) in [7, 11) is 0. The number of benzene rings is 1. The third kappa shape index (κ3) is 11.5. The standard InChI is InChI=1S/C21H32F3N3O4.HI/c1-2-25-20(26-10-4-11-29-15-19-5-3-12-30-19)27-13-17(28)14-31-18-8-6-16(7-9-18)21(22,23)24;/h6-9,17,19,28H,2-5,10-15H2,1H3,(H2,25,26,27);1H. The van der Waals surface area contributed by atoms with Crippen molar-refractivity contribution in [2.45, 2.75) is 44.6 Å². The monoisotopic (exact) mass is 575 g/mol. The molecule has 32 heavy (non-hydrogen) atoms. The lowest BCUT2D eigenvalue weighted by Crippen LogP contribution is -2.39. The van der Waals surface area contributed by atoms with Gasteiger partial charge in [-0.25, -0.2) is 0 Å². The number of aliphatic hydroxyl groups is 1. The summed E-state index contributed by atoms with van der Waals surface area (Å²) in [5, 5.41) is 16.3. The number of hydrogen-bond acceptors (Lipinski definition) is 5. The summed E-state index contributed by atoms with van der Waals surface area (Å²) < 4.78 is 54.2. The molecule has 1 fully saturated rings. The number of hydrogen-bond donors (Lipinski definition) is 3. The Morgan fingerprint density at radius 1 is 1.28 bits per heavy atom. The minimum Gasteiger partial charge on any atom is -0.491 e. The molecule has 0 aromatic heterocycles. The molecule has 0 amide bonds. The van der Waals surface area contributed by atoms with Gasteiger partial charge in [-0.2, -0.15) is 13.2 Å². The molecule has 2 unspecified atom stereocenters. The minimum atomic E-state index is -4.39. The second-order valence-electron chi connectivity index (χ2n) is 7.20. The van der Waals surface area contributed by atoms with Gasteiger partial charge in [0, 0.05) is 26.3 Å². The highest BCUT2D eigenvalue weighted by atomic mass is 127. The van der Waals surface area contributed by atoms with Crippen LogP contribution in [0.15, 0.2) is 29.3 Å². The van der Waals surface area contributed by atoms with Crippen LogP contribution in [0.2, 0.25) is 0 Å². The third-order valence-corrected chi connectivity index (χ3v) is 4.51. The fourth-order valence-corrected chi connectivity index (χ4v) is 2.90. The summed E-state index contributed by atoms with van der Waals surface area (Å²) in [6.45, 7) is 5.34. The number of alkyl halides is 3. The van der Waals surface area contributed by atoms with Gasteiger partial charge in [0.2, 0.25) is 0 Å². The Morgan fingerprint density at radius 2 is 2.03 bits per heavy atom. The first-order valence-corrected chi connectivity index (χ1v) is 10.6. The number of guanidine groups is 1. The minimum absolute atomic E-state index is 0. The molecule has 1 aromatic rings. The first-order chi connectivity index (χ1) is 14.9. The van der Waals surface area contributed by atoms with Crippen LogP contribution in [0.25, 0.3) is 0 Å². The van der Waals surface area contributed by atoms with Crippen molar-refractivity contribution in [1.29, 1.82) is 0 Å². The van der Waals surface area contributed by atoms with E-state index >= 15 is 0 Å². The van der Waals surface area contributed by atoms with E-state index in [2.05, 4.69) is 15.6 Å². The smallest absolute Gasteiger partial charge is 0.416 e.